The quantitative estimate of drug-likeness (QED) is 0.728. The number of sulfone groups is 1. The lowest BCUT2D eigenvalue weighted by molar-refractivity contribution is -0.123. The van der Waals surface area contributed by atoms with Crippen molar-refractivity contribution in [2.24, 2.45) is 0 Å². The minimum atomic E-state index is -3.35. The number of rotatable bonds is 5. The number of halogens is 1. The molecule has 1 aliphatic rings. The second-order valence-corrected chi connectivity index (χ2v) is 8.67. The van der Waals surface area contributed by atoms with Crippen LogP contribution in [0.4, 0.5) is 0 Å². The molecule has 0 saturated heterocycles. The summed E-state index contributed by atoms with van der Waals surface area (Å²) < 4.78 is 35.1. The second-order valence-electron chi connectivity index (χ2n) is 5.79. The molecule has 0 aliphatic heterocycles. The first-order valence-corrected chi connectivity index (χ1v) is 10.3. The molecule has 1 saturated carbocycles. The van der Waals surface area contributed by atoms with Crippen molar-refractivity contribution in [3.05, 3.63) is 41.0 Å². The highest BCUT2D eigenvalue weighted by Gasteiger charge is 2.26. The zero-order valence-corrected chi connectivity index (χ0v) is 15.8. The molecule has 1 aliphatic carbocycles. The molecule has 25 heavy (non-hydrogen) atoms. The Bertz CT molecular complexity index is 896. The van der Waals surface area contributed by atoms with E-state index in [1.165, 1.54) is 18.3 Å². The van der Waals surface area contributed by atoms with Crippen LogP contribution in [-0.2, 0) is 14.6 Å². The smallest absolute Gasteiger partial charge is 0.192 e. The average Bonchev–Trinajstić information content (AvgIpc) is 2.91. The van der Waals surface area contributed by atoms with E-state index in [4.69, 9.17) is 9.47 Å². The number of carbonyl (C=O) groups is 1. The highest BCUT2D eigenvalue weighted by atomic mass is 79.9. The fourth-order valence-electron chi connectivity index (χ4n) is 2.52. The summed E-state index contributed by atoms with van der Waals surface area (Å²) >= 11 is 3.39. The van der Waals surface area contributed by atoms with E-state index in [9.17, 15) is 13.2 Å². The summed E-state index contributed by atoms with van der Waals surface area (Å²) in [5.74, 6) is 1.53. The standard InChI is InChI=1S/C17H16BrNO5S/c1-25(21,22)17-6-5-12(10-19-17)23-13-7-11(18)8-14(9-13)24-16-4-2-3-15(16)20/h5-10,16H,2-4H2,1H3. The van der Waals surface area contributed by atoms with Gasteiger partial charge in [-0.25, -0.2) is 13.4 Å². The number of ketones is 1. The molecular formula is C17H16BrNO5S. The van der Waals surface area contributed by atoms with Crippen LogP contribution in [0.25, 0.3) is 0 Å². The molecule has 0 N–H and O–H groups in total. The van der Waals surface area contributed by atoms with Gasteiger partial charge in [-0.2, -0.15) is 0 Å². The first-order valence-electron chi connectivity index (χ1n) is 7.65. The molecule has 8 heteroatoms. The molecule has 1 aromatic heterocycles. The van der Waals surface area contributed by atoms with Crippen LogP contribution >= 0.6 is 15.9 Å². The maximum absolute atomic E-state index is 11.7. The average molecular weight is 426 g/mol. The van der Waals surface area contributed by atoms with Crippen molar-refractivity contribution in [3.8, 4) is 17.2 Å². The van der Waals surface area contributed by atoms with Gasteiger partial charge in [-0.15, -0.1) is 0 Å². The van der Waals surface area contributed by atoms with E-state index in [1.807, 2.05) is 0 Å². The summed E-state index contributed by atoms with van der Waals surface area (Å²) in [5.41, 5.74) is 0. The van der Waals surface area contributed by atoms with Crippen molar-refractivity contribution in [1.29, 1.82) is 0 Å². The predicted octanol–water partition coefficient (Wildman–Crippen LogP) is 3.54. The van der Waals surface area contributed by atoms with Crippen molar-refractivity contribution in [1.82, 2.24) is 4.98 Å². The van der Waals surface area contributed by atoms with Gasteiger partial charge in [0.05, 0.1) is 6.20 Å². The highest BCUT2D eigenvalue weighted by molar-refractivity contribution is 9.10. The van der Waals surface area contributed by atoms with Crippen LogP contribution in [0.5, 0.6) is 17.2 Å². The van der Waals surface area contributed by atoms with E-state index < -0.39 is 15.9 Å². The Morgan fingerprint density at radius 2 is 1.92 bits per heavy atom. The normalized spacial score (nSPS) is 17.5. The monoisotopic (exact) mass is 425 g/mol. The molecule has 0 bridgehead atoms. The molecule has 1 unspecified atom stereocenters. The Morgan fingerprint density at radius 1 is 1.16 bits per heavy atom. The number of ether oxygens (including phenoxy) is 2. The van der Waals surface area contributed by atoms with Gasteiger partial charge in [0.15, 0.2) is 26.8 Å². The van der Waals surface area contributed by atoms with Gasteiger partial charge in [-0.05, 0) is 37.1 Å². The number of Topliss-reactive ketones (excluding diaryl/α,β-unsaturated/α-hetero) is 1. The highest BCUT2D eigenvalue weighted by Crippen LogP contribution is 2.31. The molecular weight excluding hydrogens is 410 g/mol. The van der Waals surface area contributed by atoms with E-state index in [2.05, 4.69) is 20.9 Å². The van der Waals surface area contributed by atoms with E-state index in [-0.39, 0.29) is 10.8 Å². The number of hydrogen-bond acceptors (Lipinski definition) is 6. The van der Waals surface area contributed by atoms with Crippen molar-refractivity contribution in [3.63, 3.8) is 0 Å². The third kappa shape index (κ3) is 4.58. The molecule has 1 aromatic carbocycles. The summed E-state index contributed by atoms with van der Waals surface area (Å²) in [6.45, 7) is 0. The van der Waals surface area contributed by atoms with E-state index in [0.717, 1.165) is 23.6 Å². The molecule has 0 amide bonds. The Morgan fingerprint density at radius 3 is 2.52 bits per heavy atom. The van der Waals surface area contributed by atoms with E-state index in [0.29, 0.717) is 23.7 Å². The minimum absolute atomic E-state index is 0.0159. The fourth-order valence-corrected chi connectivity index (χ4v) is 3.53. The number of aromatic nitrogens is 1. The van der Waals surface area contributed by atoms with Crippen LogP contribution in [0.3, 0.4) is 0 Å². The van der Waals surface area contributed by atoms with Crippen molar-refractivity contribution >= 4 is 31.6 Å². The molecule has 1 atom stereocenters. The molecule has 1 fully saturated rings. The Balaban J connectivity index is 1.77. The lowest BCUT2D eigenvalue weighted by atomic mass is 10.2. The third-order valence-electron chi connectivity index (χ3n) is 3.70. The third-order valence-corrected chi connectivity index (χ3v) is 5.16. The summed E-state index contributed by atoms with van der Waals surface area (Å²) in [4.78, 5) is 15.6. The first-order chi connectivity index (χ1) is 11.8. The maximum atomic E-state index is 11.7. The molecule has 3 rings (SSSR count). The van der Waals surface area contributed by atoms with Crippen LogP contribution in [-0.4, -0.2) is 31.5 Å². The summed E-state index contributed by atoms with van der Waals surface area (Å²) in [6, 6.07) is 8.11. The van der Waals surface area contributed by atoms with Gasteiger partial charge < -0.3 is 9.47 Å². The summed E-state index contributed by atoms with van der Waals surface area (Å²) in [5, 5.41) is -0.0159. The number of hydrogen-bond donors (Lipinski definition) is 0. The molecule has 0 spiro atoms. The van der Waals surface area contributed by atoms with Gasteiger partial charge >= 0.3 is 0 Å². The van der Waals surface area contributed by atoms with Gasteiger partial charge in [-0.3, -0.25) is 4.79 Å². The number of benzene rings is 1. The minimum Gasteiger partial charge on any atom is -0.482 e. The van der Waals surface area contributed by atoms with Crippen LogP contribution in [0, 0.1) is 0 Å². The molecule has 1 heterocycles. The SMILES string of the molecule is CS(=O)(=O)c1ccc(Oc2cc(Br)cc(OC3CCCC3=O)c2)cn1. The Hall–Kier alpha value is -1.93. The summed E-state index contributed by atoms with van der Waals surface area (Å²) in [7, 11) is -3.35. The van der Waals surface area contributed by atoms with Crippen molar-refractivity contribution in [2.75, 3.05) is 6.26 Å². The first kappa shape index (κ1) is 17.9. The second kappa shape index (κ2) is 7.13. The maximum Gasteiger partial charge on any atom is 0.192 e. The Labute approximate surface area is 154 Å². The predicted molar refractivity (Wildman–Crippen MR) is 94.8 cm³/mol. The number of pyridine rings is 1. The zero-order valence-electron chi connectivity index (χ0n) is 13.4. The van der Waals surface area contributed by atoms with Crippen LogP contribution in [0.2, 0.25) is 0 Å². The van der Waals surface area contributed by atoms with E-state index >= 15 is 0 Å². The van der Waals surface area contributed by atoms with Crippen LogP contribution in [0.15, 0.2) is 46.0 Å². The van der Waals surface area contributed by atoms with Gasteiger partial charge in [0.2, 0.25) is 0 Å². The van der Waals surface area contributed by atoms with Crippen molar-refractivity contribution < 1.29 is 22.7 Å². The molecule has 132 valence electrons. The van der Waals surface area contributed by atoms with Gasteiger partial charge in [0.1, 0.15) is 17.2 Å². The van der Waals surface area contributed by atoms with Crippen molar-refractivity contribution in [2.45, 2.75) is 30.4 Å². The molecule has 2 aromatic rings. The number of nitrogens with zero attached hydrogens (tertiary/aromatic N) is 1. The lowest BCUT2D eigenvalue weighted by Crippen LogP contribution is -2.20. The van der Waals surface area contributed by atoms with E-state index in [1.54, 1.807) is 18.2 Å². The fraction of sp³-hybridized carbons (Fsp3) is 0.294. The summed E-state index contributed by atoms with van der Waals surface area (Å²) in [6.07, 6.45) is 4.16. The molecule has 0 radical (unpaired) electrons. The molecule has 6 nitrogen and oxygen atoms in total. The Kier molecular flexibility index (Phi) is 5.10. The number of carbonyl (C=O) groups excluding carboxylic acids is 1. The van der Waals surface area contributed by atoms with Crippen LogP contribution < -0.4 is 9.47 Å². The lowest BCUT2D eigenvalue weighted by Gasteiger charge is -2.14. The largest absolute Gasteiger partial charge is 0.482 e. The topological polar surface area (TPSA) is 82.6 Å². The van der Waals surface area contributed by atoms with Crippen LogP contribution in [0.1, 0.15) is 19.3 Å². The van der Waals surface area contributed by atoms with Gasteiger partial charge in [0.25, 0.3) is 0 Å². The van der Waals surface area contributed by atoms with Gasteiger partial charge in [0, 0.05) is 23.2 Å². The van der Waals surface area contributed by atoms with Gasteiger partial charge in [-0.1, -0.05) is 15.9 Å². The zero-order chi connectivity index (χ0) is 18.0.